The Morgan fingerprint density at radius 2 is 2.17 bits per heavy atom. The molecule has 2 heterocycles. The maximum absolute atomic E-state index is 12.6. The highest BCUT2D eigenvalue weighted by molar-refractivity contribution is 7.10. The number of hydrogen-bond donors (Lipinski definition) is 1. The van der Waals surface area contributed by atoms with Crippen molar-refractivity contribution in [1.29, 1.82) is 0 Å². The normalized spacial score (nSPS) is 11.3. The molecule has 1 N–H and O–H groups in total. The molecule has 0 radical (unpaired) electrons. The van der Waals surface area contributed by atoms with Gasteiger partial charge in [0.1, 0.15) is 5.75 Å². The number of amides is 1. The molecule has 0 aliphatic heterocycles. The SMILES string of the molecule is COc1cccc(-c2nsc(NC(=O)C(C)(C)c3cnsc3)n2)c1. The van der Waals surface area contributed by atoms with E-state index in [0.717, 1.165) is 28.4 Å². The lowest BCUT2D eigenvalue weighted by atomic mass is 9.86. The second-order valence-electron chi connectivity index (χ2n) is 5.65. The zero-order chi connectivity index (χ0) is 17.2. The van der Waals surface area contributed by atoms with E-state index in [4.69, 9.17) is 4.74 Å². The molecule has 6 nitrogen and oxygen atoms in total. The van der Waals surface area contributed by atoms with E-state index in [9.17, 15) is 4.79 Å². The van der Waals surface area contributed by atoms with Gasteiger partial charge in [-0.2, -0.15) is 9.36 Å². The number of benzene rings is 1. The Bertz CT molecular complexity index is 843. The minimum Gasteiger partial charge on any atom is -0.497 e. The highest BCUT2D eigenvalue weighted by atomic mass is 32.1. The van der Waals surface area contributed by atoms with Crippen LogP contribution < -0.4 is 10.1 Å². The molecule has 3 aromatic rings. The van der Waals surface area contributed by atoms with Crippen molar-refractivity contribution in [3.63, 3.8) is 0 Å². The predicted octanol–water partition coefficient (Wildman–Crippen LogP) is 3.59. The number of anilines is 1. The zero-order valence-electron chi connectivity index (χ0n) is 13.4. The second-order valence-corrected chi connectivity index (χ2v) is 7.06. The monoisotopic (exact) mass is 360 g/mol. The van der Waals surface area contributed by atoms with E-state index in [1.165, 1.54) is 11.5 Å². The Hall–Kier alpha value is -2.32. The van der Waals surface area contributed by atoms with Crippen molar-refractivity contribution in [3.8, 4) is 17.1 Å². The number of aromatic nitrogens is 3. The molecule has 0 aliphatic rings. The first kappa shape index (κ1) is 16.5. The molecule has 2 aromatic heterocycles. The second kappa shape index (κ2) is 6.66. The number of methoxy groups -OCH3 is 1. The van der Waals surface area contributed by atoms with E-state index in [-0.39, 0.29) is 5.91 Å². The first-order chi connectivity index (χ1) is 11.5. The quantitative estimate of drug-likeness (QED) is 0.752. The van der Waals surface area contributed by atoms with Crippen LogP contribution in [0, 0.1) is 0 Å². The van der Waals surface area contributed by atoms with E-state index in [0.29, 0.717) is 11.0 Å². The molecule has 0 aliphatic carbocycles. The van der Waals surface area contributed by atoms with Crippen LogP contribution in [0.3, 0.4) is 0 Å². The Morgan fingerprint density at radius 3 is 2.88 bits per heavy atom. The molecule has 0 saturated heterocycles. The van der Waals surface area contributed by atoms with E-state index in [1.54, 1.807) is 13.3 Å². The summed E-state index contributed by atoms with van der Waals surface area (Å²) in [5, 5.41) is 5.18. The summed E-state index contributed by atoms with van der Waals surface area (Å²) in [6.07, 6.45) is 1.71. The highest BCUT2D eigenvalue weighted by Crippen LogP contribution is 2.28. The van der Waals surface area contributed by atoms with Gasteiger partial charge < -0.3 is 4.74 Å². The molecule has 3 rings (SSSR count). The van der Waals surface area contributed by atoms with Crippen LogP contribution in [0.2, 0.25) is 0 Å². The van der Waals surface area contributed by atoms with Crippen molar-refractivity contribution < 1.29 is 9.53 Å². The third-order valence-corrected chi connectivity index (χ3v) is 4.91. The summed E-state index contributed by atoms with van der Waals surface area (Å²) >= 11 is 2.48. The average Bonchev–Trinajstić information content (AvgIpc) is 3.27. The molecule has 1 aromatic carbocycles. The standard InChI is InChI=1S/C16H16N4O2S2/c1-16(2,11-8-17-23-9-11)14(21)19-15-18-13(20-24-15)10-5-4-6-12(7-10)22-3/h4-9H,1-3H3,(H,18,19,20,21). The van der Waals surface area contributed by atoms with Crippen molar-refractivity contribution >= 4 is 34.1 Å². The summed E-state index contributed by atoms with van der Waals surface area (Å²) < 4.78 is 13.6. The Balaban J connectivity index is 1.77. The highest BCUT2D eigenvalue weighted by Gasteiger charge is 2.31. The fourth-order valence-electron chi connectivity index (χ4n) is 2.05. The molecule has 0 bridgehead atoms. The van der Waals surface area contributed by atoms with Gasteiger partial charge in [0, 0.05) is 28.7 Å². The molecule has 0 unspecified atom stereocenters. The molecule has 0 saturated carbocycles. The molecule has 24 heavy (non-hydrogen) atoms. The third kappa shape index (κ3) is 3.29. The molecule has 8 heteroatoms. The van der Waals surface area contributed by atoms with Crippen molar-refractivity contribution in [2.75, 3.05) is 12.4 Å². The Labute approximate surface area is 147 Å². The fraction of sp³-hybridized carbons (Fsp3) is 0.250. The number of nitrogens with zero attached hydrogens (tertiary/aromatic N) is 3. The van der Waals surface area contributed by atoms with Crippen molar-refractivity contribution in [2.45, 2.75) is 19.3 Å². The topological polar surface area (TPSA) is 77.0 Å². The Kier molecular flexibility index (Phi) is 4.59. The minimum absolute atomic E-state index is 0.143. The number of ether oxygens (including phenoxy) is 1. The predicted molar refractivity (Wildman–Crippen MR) is 95.7 cm³/mol. The Morgan fingerprint density at radius 1 is 1.33 bits per heavy atom. The molecule has 1 amide bonds. The lowest BCUT2D eigenvalue weighted by Gasteiger charge is -2.21. The average molecular weight is 360 g/mol. The largest absolute Gasteiger partial charge is 0.497 e. The lowest BCUT2D eigenvalue weighted by Crippen LogP contribution is -2.34. The van der Waals surface area contributed by atoms with Crippen molar-refractivity contribution in [2.24, 2.45) is 0 Å². The van der Waals surface area contributed by atoms with Gasteiger partial charge in [-0.3, -0.25) is 10.1 Å². The fourth-order valence-corrected chi connectivity index (χ4v) is 3.34. The van der Waals surface area contributed by atoms with E-state index < -0.39 is 5.41 Å². The van der Waals surface area contributed by atoms with Gasteiger partial charge in [-0.15, -0.1) is 0 Å². The number of carbonyl (C=O) groups excluding carboxylic acids is 1. The van der Waals surface area contributed by atoms with Gasteiger partial charge in [-0.25, -0.2) is 4.37 Å². The van der Waals surface area contributed by atoms with Crippen LogP contribution in [0.4, 0.5) is 5.13 Å². The van der Waals surface area contributed by atoms with Crippen LogP contribution in [-0.2, 0) is 10.2 Å². The summed E-state index contributed by atoms with van der Waals surface area (Å²) in [7, 11) is 1.61. The van der Waals surface area contributed by atoms with Gasteiger partial charge >= 0.3 is 0 Å². The molecule has 124 valence electrons. The summed E-state index contributed by atoms with van der Waals surface area (Å²) in [5.74, 6) is 1.15. The van der Waals surface area contributed by atoms with Crippen LogP contribution in [0.15, 0.2) is 35.8 Å². The van der Waals surface area contributed by atoms with Crippen LogP contribution in [0.25, 0.3) is 11.4 Å². The van der Waals surface area contributed by atoms with Gasteiger partial charge in [0.2, 0.25) is 11.0 Å². The van der Waals surface area contributed by atoms with Crippen LogP contribution >= 0.6 is 23.1 Å². The van der Waals surface area contributed by atoms with Crippen LogP contribution in [0.5, 0.6) is 5.75 Å². The lowest BCUT2D eigenvalue weighted by molar-refractivity contribution is -0.120. The third-order valence-electron chi connectivity index (χ3n) is 3.70. The van der Waals surface area contributed by atoms with Gasteiger partial charge in [-0.1, -0.05) is 12.1 Å². The maximum atomic E-state index is 12.6. The van der Waals surface area contributed by atoms with Gasteiger partial charge in [0.25, 0.3) is 0 Å². The van der Waals surface area contributed by atoms with Gasteiger partial charge in [-0.05, 0) is 43.1 Å². The first-order valence-corrected chi connectivity index (χ1v) is 8.81. The summed E-state index contributed by atoms with van der Waals surface area (Å²) in [4.78, 5) is 17.0. The van der Waals surface area contributed by atoms with E-state index in [1.807, 2.05) is 43.5 Å². The van der Waals surface area contributed by atoms with Crippen LogP contribution in [-0.4, -0.2) is 26.7 Å². The molecular weight excluding hydrogens is 344 g/mol. The minimum atomic E-state index is -0.686. The molecule has 0 fully saturated rings. The van der Waals surface area contributed by atoms with E-state index >= 15 is 0 Å². The first-order valence-electron chi connectivity index (χ1n) is 7.20. The molecular formula is C16H16N4O2S2. The zero-order valence-corrected chi connectivity index (χ0v) is 15.1. The summed E-state index contributed by atoms with van der Waals surface area (Å²) in [6, 6.07) is 7.49. The maximum Gasteiger partial charge on any atom is 0.236 e. The van der Waals surface area contributed by atoms with Crippen LogP contribution in [0.1, 0.15) is 19.4 Å². The number of nitrogens with one attached hydrogen (secondary N) is 1. The number of hydrogen-bond acceptors (Lipinski definition) is 7. The van der Waals surface area contributed by atoms with E-state index in [2.05, 4.69) is 19.0 Å². The smallest absolute Gasteiger partial charge is 0.236 e. The van der Waals surface area contributed by atoms with Crippen molar-refractivity contribution in [1.82, 2.24) is 13.7 Å². The number of rotatable bonds is 5. The molecule has 0 spiro atoms. The molecule has 0 atom stereocenters. The van der Waals surface area contributed by atoms with Crippen molar-refractivity contribution in [3.05, 3.63) is 41.4 Å². The summed E-state index contributed by atoms with van der Waals surface area (Å²) in [5.41, 5.74) is 1.03. The summed E-state index contributed by atoms with van der Waals surface area (Å²) in [6.45, 7) is 3.71. The van der Waals surface area contributed by atoms with Gasteiger partial charge in [0.05, 0.1) is 12.5 Å². The number of carbonyl (C=O) groups is 1. The van der Waals surface area contributed by atoms with Gasteiger partial charge in [0.15, 0.2) is 5.82 Å².